The van der Waals surface area contributed by atoms with Crippen molar-refractivity contribution in [2.24, 2.45) is 0 Å². The summed E-state index contributed by atoms with van der Waals surface area (Å²) in [4.78, 5) is 0.397. The molecule has 0 spiro atoms. The summed E-state index contributed by atoms with van der Waals surface area (Å²) >= 11 is 0. The second-order valence-electron chi connectivity index (χ2n) is 5.36. The fraction of sp³-hybridized carbons (Fsp3) is 0.533. The molecule has 5 heteroatoms. The fourth-order valence-corrected chi connectivity index (χ4v) is 4.88. The van der Waals surface area contributed by atoms with Crippen LogP contribution in [0.2, 0.25) is 0 Å². The molecule has 1 heterocycles. The van der Waals surface area contributed by atoms with Crippen LogP contribution < -0.4 is 4.74 Å². The lowest BCUT2D eigenvalue weighted by Gasteiger charge is -2.33. The van der Waals surface area contributed by atoms with Crippen molar-refractivity contribution < 1.29 is 13.2 Å². The van der Waals surface area contributed by atoms with Crippen LogP contribution in [0.5, 0.6) is 5.75 Å². The minimum atomic E-state index is -3.48. The Labute approximate surface area is 121 Å². The van der Waals surface area contributed by atoms with Gasteiger partial charge in [0.1, 0.15) is 5.75 Å². The predicted octanol–water partition coefficient (Wildman–Crippen LogP) is 2.69. The maximum absolute atomic E-state index is 12.9. The van der Waals surface area contributed by atoms with E-state index in [1.165, 1.54) is 4.31 Å². The summed E-state index contributed by atoms with van der Waals surface area (Å²) < 4.78 is 32.5. The van der Waals surface area contributed by atoms with Gasteiger partial charge in [0.05, 0.1) is 12.0 Å². The Morgan fingerprint density at radius 2 is 1.85 bits per heavy atom. The minimum Gasteiger partial charge on any atom is -0.497 e. The first-order chi connectivity index (χ1) is 9.37. The summed E-state index contributed by atoms with van der Waals surface area (Å²) in [6.07, 6.45) is 2.77. The van der Waals surface area contributed by atoms with Crippen molar-refractivity contribution in [3.63, 3.8) is 0 Å². The first-order valence-electron chi connectivity index (χ1n) is 6.88. The topological polar surface area (TPSA) is 46.6 Å². The monoisotopic (exact) mass is 296 g/mol. The van der Waals surface area contributed by atoms with Crippen LogP contribution in [0, 0.1) is 20.8 Å². The Balaban J connectivity index is 2.49. The zero-order valence-corrected chi connectivity index (χ0v) is 13.2. The molecule has 1 aromatic carbocycles. The van der Waals surface area contributed by atoms with E-state index in [0.717, 1.165) is 30.4 Å². The summed E-state index contributed by atoms with van der Waals surface area (Å²) in [6, 6.07) is 3.36. The first-order valence-corrected chi connectivity index (χ1v) is 8.32. The van der Waals surface area contributed by atoms with E-state index < -0.39 is 10.0 Å². The summed E-state index contributed by atoms with van der Waals surface area (Å²) in [7, 11) is -1.90. The molecule has 2 rings (SSSR count). The van der Waals surface area contributed by atoms with Crippen LogP contribution in [-0.4, -0.2) is 32.4 Å². The average molecular weight is 296 g/mol. The number of ether oxygens (including phenoxy) is 1. The number of benzene rings is 1. The molecule has 4 nitrogen and oxygen atoms in total. The lowest BCUT2D eigenvalue weighted by molar-refractivity contribution is 0.289. The van der Waals surface area contributed by atoms with Gasteiger partial charge in [-0.1, -0.05) is 6.42 Å². The number of aryl methyl sites for hydroxylation is 2. The normalized spacial score (nSPS) is 20.9. The molecule has 1 fully saturated rings. The number of hydrogen-bond donors (Lipinski definition) is 0. The second-order valence-corrected chi connectivity index (χ2v) is 7.18. The van der Waals surface area contributed by atoms with Crippen molar-refractivity contribution in [1.29, 1.82) is 0 Å². The minimum absolute atomic E-state index is 0.172. The molecular weight excluding hydrogens is 274 g/mol. The van der Waals surface area contributed by atoms with Crippen molar-refractivity contribution in [2.75, 3.05) is 13.7 Å². The van der Waals surface area contributed by atoms with Crippen LogP contribution in [0.3, 0.4) is 0 Å². The summed E-state index contributed by atoms with van der Waals surface area (Å²) in [5.74, 6) is 0.684. The van der Waals surface area contributed by atoms with Gasteiger partial charge in [-0.25, -0.2) is 8.42 Å². The Morgan fingerprint density at radius 3 is 2.35 bits per heavy atom. The molecule has 1 aromatic rings. The quantitative estimate of drug-likeness (QED) is 0.861. The van der Waals surface area contributed by atoms with Crippen LogP contribution in [-0.2, 0) is 10.0 Å². The van der Waals surface area contributed by atoms with Gasteiger partial charge in [0, 0.05) is 12.6 Å². The van der Waals surface area contributed by atoms with Gasteiger partial charge < -0.3 is 4.74 Å². The molecule has 0 unspecified atom stereocenters. The predicted molar refractivity (Wildman–Crippen MR) is 79.4 cm³/mol. The maximum Gasteiger partial charge on any atom is 0.243 e. The van der Waals surface area contributed by atoms with Crippen molar-refractivity contribution >= 4 is 10.0 Å². The molecular formula is C15H22NO3S. The van der Waals surface area contributed by atoms with Gasteiger partial charge in [-0.15, -0.1) is 0 Å². The molecule has 20 heavy (non-hydrogen) atoms. The van der Waals surface area contributed by atoms with Gasteiger partial charge in [0.2, 0.25) is 10.0 Å². The highest BCUT2D eigenvalue weighted by atomic mass is 32.2. The second kappa shape index (κ2) is 5.74. The Bertz CT molecular complexity index is 572. The summed E-state index contributed by atoms with van der Waals surface area (Å²) in [5, 5.41) is 0. The van der Waals surface area contributed by atoms with Crippen LogP contribution in [0.15, 0.2) is 17.0 Å². The molecule has 0 saturated carbocycles. The van der Waals surface area contributed by atoms with Crippen LogP contribution in [0.1, 0.15) is 30.4 Å². The molecule has 0 aliphatic carbocycles. The molecule has 1 aliphatic rings. The van der Waals surface area contributed by atoms with E-state index in [2.05, 4.69) is 6.92 Å². The molecule has 111 valence electrons. The van der Waals surface area contributed by atoms with Gasteiger partial charge in [-0.2, -0.15) is 4.31 Å². The highest BCUT2D eigenvalue weighted by Gasteiger charge is 2.33. The molecule has 1 aliphatic heterocycles. The van der Waals surface area contributed by atoms with E-state index in [1.54, 1.807) is 19.2 Å². The lowest BCUT2D eigenvalue weighted by Crippen LogP contribution is -2.42. The number of methoxy groups -OCH3 is 1. The molecule has 0 aromatic heterocycles. The Kier molecular flexibility index (Phi) is 4.39. The Morgan fingerprint density at radius 1 is 1.25 bits per heavy atom. The molecule has 1 atom stereocenters. The van der Waals surface area contributed by atoms with E-state index in [1.807, 2.05) is 13.8 Å². The van der Waals surface area contributed by atoms with Crippen molar-refractivity contribution in [2.45, 2.75) is 44.0 Å². The van der Waals surface area contributed by atoms with Crippen LogP contribution >= 0.6 is 0 Å². The molecule has 0 amide bonds. The SMILES string of the molecule is [CH2][C@H]1CCCCN1S(=O)(=O)c1c(C)cc(OC)cc1C. The van der Waals surface area contributed by atoms with E-state index >= 15 is 0 Å². The van der Waals surface area contributed by atoms with Crippen molar-refractivity contribution in [3.8, 4) is 5.75 Å². The highest BCUT2D eigenvalue weighted by Crippen LogP contribution is 2.31. The molecule has 1 radical (unpaired) electrons. The lowest BCUT2D eigenvalue weighted by atomic mass is 10.1. The number of hydrogen-bond acceptors (Lipinski definition) is 3. The maximum atomic E-state index is 12.9. The van der Waals surface area contributed by atoms with Gasteiger partial charge in [-0.05, 0) is 56.9 Å². The Hall–Kier alpha value is -1.07. The molecule has 0 N–H and O–H groups in total. The highest BCUT2D eigenvalue weighted by molar-refractivity contribution is 7.89. The molecule has 1 saturated heterocycles. The largest absolute Gasteiger partial charge is 0.497 e. The third-order valence-electron chi connectivity index (χ3n) is 3.81. The van der Waals surface area contributed by atoms with E-state index in [9.17, 15) is 8.42 Å². The van der Waals surface area contributed by atoms with E-state index in [0.29, 0.717) is 17.2 Å². The smallest absolute Gasteiger partial charge is 0.243 e. The van der Waals surface area contributed by atoms with Crippen molar-refractivity contribution in [3.05, 3.63) is 30.2 Å². The van der Waals surface area contributed by atoms with Crippen LogP contribution in [0.25, 0.3) is 0 Å². The zero-order chi connectivity index (χ0) is 14.9. The van der Waals surface area contributed by atoms with Gasteiger partial charge in [0.25, 0.3) is 0 Å². The zero-order valence-electron chi connectivity index (χ0n) is 12.3. The van der Waals surface area contributed by atoms with Crippen molar-refractivity contribution in [1.82, 2.24) is 4.31 Å². The van der Waals surface area contributed by atoms with Gasteiger partial charge in [-0.3, -0.25) is 0 Å². The third kappa shape index (κ3) is 2.69. The van der Waals surface area contributed by atoms with Crippen LogP contribution in [0.4, 0.5) is 0 Å². The first kappa shape index (κ1) is 15.3. The number of sulfonamides is 1. The summed E-state index contributed by atoms with van der Waals surface area (Å²) in [6.45, 7) is 8.16. The van der Waals surface area contributed by atoms with Gasteiger partial charge in [0.15, 0.2) is 0 Å². The fourth-order valence-electron chi connectivity index (χ4n) is 2.84. The summed E-state index contributed by atoms with van der Waals surface area (Å²) in [5.41, 5.74) is 1.44. The number of nitrogens with zero attached hydrogens (tertiary/aromatic N) is 1. The number of rotatable bonds is 3. The third-order valence-corrected chi connectivity index (χ3v) is 6.07. The van der Waals surface area contributed by atoms with E-state index in [4.69, 9.17) is 4.74 Å². The number of piperidine rings is 1. The van der Waals surface area contributed by atoms with Gasteiger partial charge >= 0.3 is 0 Å². The standard InChI is InChI=1S/C15H22NO3S/c1-11-9-14(19-4)10-12(2)15(11)20(17,18)16-8-6-5-7-13(16)3/h9-10,13H,3,5-8H2,1-2,4H3/t13-/m0/s1. The average Bonchev–Trinajstić information content (AvgIpc) is 2.37. The van der Waals surface area contributed by atoms with E-state index in [-0.39, 0.29) is 6.04 Å². The molecule has 0 bridgehead atoms.